The molecule has 0 radical (unpaired) electrons. The van der Waals surface area contributed by atoms with E-state index in [-0.39, 0.29) is 24.1 Å². The summed E-state index contributed by atoms with van der Waals surface area (Å²) in [5.74, 6) is 0.256. The zero-order chi connectivity index (χ0) is 23.9. The summed E-state index contributed by atoms with van der Waals surface area (Å²) in [6.07, 6.45) is -0.817. The molecule has 1 aliphatic carbocycles. The van der Waals surface area contributed by atoms with Crippen molar-refractivity contribution < 1.29 is 18.0 Å². The fraction of sp³-hybridized carbons (Fsp3) is 0.542. The molecule has 3 aliphatic rings. The number of likely N-dealkylation sites (tertiary alicyclic amines) is 1. The van der Waals surface area contributed by atoms with Crippen molar-refractivity contribution in [1.82, 2.24) is 25.1 Å². The zero-order valence-electron chi connectivity index (χ0n) is 19.1. The normalized spacial score (nSPS) is 22.9. The largest absolute Gasteiger partial charge is 0.419 e. The number of urea groups is 1. The van der Waals surface area contributed by atoms with Gasteiger partial charge < -0.3 is 15.1 Å². The van der Waals surface area contributed by atoms with Crippen LogP contribution in [0.15, 0.2) is 42.7 Å². The molecule has 2 saturated heterocycles. The average molecular weight is 475 g/mol. The molecule has 34 heavy (non-hydrogen) atoms. The molecule has 7 nitrogen and oxygen atoms in total. The van der Waals surface area contributed by atoms with Crippen LogP contribution >= 0.6 is 0 Å². The van der Waals surface area contributed by atoms with Gasteiger partial charge in [-0.1, -0.05) is 30.3 Å². The Balaban J connectivity index is 1.06. The Morgan fingerprint density at radius 2 is 1.79 bits per heavy atom. The van der Waals surface area contributed by atoms with E-state index in [4.69, 9.17) is 0 Å². The van der Waals surface area contributed by atoms with Crippen molar-refractivity contribution in [3.8, 4) is 0 Å². The van der Waals surface area contributed by atoms with Gasteiger partial charge in [-0.05, 0) is 30.7 Å². The molecule has 5 rings (SSSR count). The van der Waals surface area contributed by atoms with Crippen LogP contribution in [0.5, 0.6) is 0 Å². The molecule has 1 aromatic carbocycles. The van der Waals surface area contributed by atoms with Gasteiger partial charge in [-0.15, -0.1) is 0 Å². The number of amides is 2. The number of carbonyl (C=O) groups is 1. The third-order valence-corrected chi connectivity index (χ3v) is 7.19. The molecule has 10 heteroatoms. The van der Waals surface area contributed by atoms with Gasteiger partial charge in [0.15, 0.2) is 0 Å². The lowest BCUT2D eigenvalue weighted by Crippen LogP contribution is -2.67. The van der Waals surface area contributed by atoms with E-state index >= 15 is 0 Å². The molecule has 3 heterocycles. The number of aromatic nitrogens is 2. The van der Waals surface area contributed by atoms with Crippen LogP contribution in [0.4, 0.5) is 23.9 Å². The standard InChI is InChI=1S/C24H29F3N6O/c1-17-13-32(7-8-33(17)21-28-11-19(12-29-21)24(25,26)27)22(34)30-20-9-23(10-20)15-31(16-23)14-18-5-3-2-4-6-18/h2-6,11-12,17,20H,7-10,13-16H2,1H3,(H,30,34)/t17-/m0/s1. The van der Waals surface area contributed by atoms with Crippen LogP contribution in [0.1, 0.15) is 30.9 Å². The Hall–Kier alpha value is -2.88. The first-order chi connectivity index (χ1) is 16.2. The van der Waals surface area contributed by atoms with Gasteiger partial charge in [0, 0.05) is 63.7 Å². The molecule has 2 amide bonds. The number of carbonyl (C=O) groups excluding carboxylic acids is 1. The Kier molecular flexibility index (Phi) is 5.87. The van der Waals surface area contributed by atoms with E-state index < -0.39 is 11.7 Å². The molecule has 2 aliphatic heterocycles. The van der Waals surface area contributed by atoms with Crippen molar-refractivity contribution in [2.45, 2.75) is 44.6 Å². The second kappa shape index (κ2) is 8.72. The maximum atomic E-state index is 12.8. The molecule has 0 bridgehead atoms. The van der Waals surface area contributed by atoms with Crippen LogP contribution < -0.4 is 10.2 Å². The molecule has 3 fully saturated rings. The third kappa shape index (κ3) is 4.68. The number of nitrogens with zero attached hydrogens (tertiary/aromatic N) is 5. The van der Waals surface area contributed by atoms with Gasteiger partial charge in [-0.3, -0.25) is 4.90 Å². The van der Waals surface area contributed by atoms with Crippen molar-refractivity contribution in [2.75, 3.05) is 37.6 Å². The van der Waals surface area contributed by atoms with Crippen molar-refractivity contribution in [3.63, 3.8) is 0 Å². The fourth-order valence-electron chi connectivity index (χ4n) is 5.52. The summed E-state index contributed by atoms with van der Waals surface area (Å²) in [6, 6.07) is 10.5. The van der Waals surface area contributed by atoms with Gasteiger partial charge in [0.25, 0.3) is 0 Å². The van der Waals surface area contributed by atoms with Gasteiger partial charge >= 0.3 is 12.2 Å². The minimum absolute atomic E-state index is 0.0693. The molecule has 1 atom stereocenters. The van der Waals surface area contributed by atoms with E-state index in [1.54, 1.807) is 4.90 Å². The fourth-order valence-corrected chi connectivity index (χ4v) is 5.52. The van der Waals surface area contributed by atoms with Crippen molar-refractivity contribution >= 4 is 12.0 Å². The number of rotatable bonds is 4. The summed E-state index contributed by atoms with van der Waals surface area (Å²) in [4.78, 5) is 26.7. The van der Waals surface area contributed by atoms with Gasteiger partial charge in [0.2, 0.25) is 5.95 Å². The van der Waals surface area contributed by atoms with Gasteiger partial charge in [-0.2, -0.15) is 13.2 Å². The number of piperazine rings is 1. The van der Waals surface area contributed by atoms with Gasteiger partial charge in [0.05, 0.1) is 5.56 Å². The maximum absolute atomic E-state index is 12.8. The Morgan fingerprint density at radius 1 is 1.12 bits per heavy atom. The van der Waals surface area contributed by atoms with E-state index in [2.05, 4.69) is 44.5 Å². The highest BCUT2D eigenvalue weighted by Crippen LogP contribution is 2.48. The average Bonchev–Trinajstić information content (AvgIpc) is 2.76. The number of hydrogen-bond donors (Lipinski definition) is 1. The summed E-state index contributed by atoms with van der Waals surface area (Å²) in [5, 5.41) is 3.17. The lowest BCUT2D eigenvalue weighted by atomic mass is 9.60. The molecule has 1 saturated carbocycles. The van der Waals surface area contributed by atoms with Crippen LogP contribution in [-0.2, 0) is 12.7 Å². The number of hydrogen-bond acceptors (Lipinski definition) is 5. The van der Waals surface area contributed by atoms with E-state index in [0.717, 1.165) is 44.9 Å². The van der Waals surface area contributed by atoms with Gasteiger partial charge in [0.1, 0.15) is 0 Å². The second-order valence-corrected chi connectivity index (χ2v) is 9.94. The summed E-state index contributed by atoms with van der Waals surface area (Å²) in [5.41, 5.74) is 0.810. The van der Waals surface area contributed by atoms with Crippen LogP contribution in [0, 0.1) is 5.41 Å². The molecule has 1 N–H and O–H groups in total. The number of alkyl halides is 3. The van der Waals surface area contributed by atoms with E-state index in [1.807, 2.05) is 17.9 Å². The third-order valence-electron chi connectivity index (χ3n) is 7.19. The Bertz CT molecular complexity index is 1000. The first-order valence-corrected chi connectivity index (χ1v) is 11.7. The topological polar surface area (TPSA) is 64.6 Å². The summed E-state index contributed by atoms with van der Waals surface area (Å²) in [6.45, 7) is 6.48. The highest BCUT2D eigenvalue weighted by atomic mass is 19.4. The Labute approximate surface area is 197 Å². The predicted octanol–water partition coefficient (Wildman–Crippen LogP) is 3.38. The van der Waals surface area contributed by atoms with Crippen molar-refractivity contribution in [2.24, 2.45) is 5.41 Å². The van der Waals surface area contributed by atoms with Gasteiger partial charge in [-0.25, -0.2) is 14.8 Å². The quantitative estimate of drug-likeness (QED) is 0.736. The van der Waals surface area contributed by atoms with E-state index in [1.165, 1.54) is 5.56 Å². The SMILES string of the molecule is C[C@H]1CN(C(=O)NC2CC3(C2)CN(Cc2ccccc2)C3)CCN1c1ncc(C(F)(F)F)cn1. The lowest BCUT2D eigenvalue weighted by molar-refractivity contribution is -0.138. The molecule has 182 valence electrons. The molecule has 1 spiro atoms. The first-order valence-electron chi connectivity index (χ1n) is 11.7. The smallest absolute Gasteiger partial charge is 0.335 e. The minimum Gasteiger partial charge on any atom is -0.335 e. The summed E-state index contributed by atoms with van der Waals surface area (Å²) < 4.78 is 38.3. The Morgan fingerprint density at radius 3 is 2.41 bits per heavy atom. The molecule has 2 aromatic rings. The predicted molar refractivity (Wildman–Crippen MR) is 121 cm³/mol. The van der Waals surface area contributed by atoms with Crippen LogP contribution in [0.2, 0.25) is 0 Å². The summed E-state index contributed by atoms with van der Waals surface area (Å²) >= 11 is 0. The van der Waals surface area contributed by atoms with E-state index in [9.17, 15) is 18.0 Å². The van der Waals surface area contributed by atoms with Crippen LogP contribution in [0.25, 0.3) is 0 Å². The second-order valence-electron chi connectivity index (χ2n) is 9.94. The number of anilines is 1. The minimum atomic E-state index is -4.46. The van der Waals surface area contributed by atoms with Crippen molar-refractivity contribution in [3.05, 3.63) is 53.9 Å². The molecular weight excluding hydrogens is 445 g/mol. The van der Waals surface area contributed by atoms with Crippen LogP contribution in [-0.4, -0.2) is 70.6 Å². The molecular formula is C24H29F3N6O. The first kappa shape index (κ1) is 22.9. The zero-order valence-corrected chi connectivity index (χ0v) is 19.1. The monoisotopic (exact) mass is 474 g/mol. The van der Waals surface area contributed by atoms with Crippen molar-refractivity contribution in [1.29, 1.82) is 0 Å². The molecule has 0 unspecified atom stereocenters. The lowest BCUT2D eigenvalue weighted by Gasteiger charge is -2.59. The highest BCUT2D eigenvalue weighted by Gasteiger charge is 2.52. The summed E-state index contributed by atoms with van der Waals surface area (Å²) in [7, 11) is 0. The molecule has 1 aromatic heterocycles. The maximum Gasteiger partial charge on any atom is 0.419 e. The van der Waals surface area contributed by atoms with E-state index in [0.29, 0.717) is 25.0 Å². The highest BCUT2D eigenvalue weighted by molar-refractivity contribution is 5.75. The number of benzene rings is 1. The number of halogens is 3. The number of nitrogens with one attached hydrogen (secondary N) is 1. The van der Waals surface area contributed by atoms with Crippen LogP contribution in [0.3, 0.4) is 0 Å².